The van der Waals surface area contributed by atoms with Crippen LogP contribution in [0.5, 0.6) is 0 Å². The number of carbonyl (C=O) groups is 1. The summed E-state index contributed by atoms with van der Waals surface area (Å²) in [6.07, 6.45) is 5.35. The lowest BCUT2D eigenvalue weighted by Crippen LogP contribution is -2.12. The standard InChI is InChI=1S/C17H11BrN2O/c1-2-11-4-3-5-14(8-11)19-17(21)16-9-12-6-7-13(18)10-15(12)20-16/h1,3-10,20H,(H,19,21). The summed E-state index contributed by atoms with van der Waals surface area (Å²) in [5.74, 6) is 2.35. The van der Waals surface area contributed by atoms with E-state index in [1.807, 2.05) is 36.4 Å². The zero-order valence-corrected chi connectivity index (χ0v) is 12.6. The van der Waals surface area contributed by atoms with Gasteiger partial charge in [-0.2, -0.15) is 0 Å². The number of benzene rings is 2. The van der Waals surface area contributed by atoms with Crippen LogP contribution in [-0.2, 0) is 0 Å². The van der Waals surface area contributed by atoms with Crippen molar-refractivity contribution >= 4 is 38.4 Å². The quantitative estimate of drug-likeness (QED) is 0.677. The van der Waals surface area contributed by atoms with Crippen LogP contribution in [0.1, 0.15) is 16.1 Å². The fourth-order valence-corrected chi connectivity index (χ4v) is 2.47. The number of carbonyl (C=O) groups excluding carboxylic acids is 1. The maximum atomic E-state index is 12.3. The molecule has 0 radical (unpaired) electrons. The Hall–Kier alpha value is -2.51. The molecule has 1 heterocycles. The number of nitrogens with one attached hydrogen (secondary N) is 2. The van der Waals surface area contributed by atoms with E-state index in [-0.39, 0.29) is 5.91 Å². The summed E-state index contributed by atoms with van der Waals surface area (Å²) in [5, 5.41) is 3.82. The summed E-state index contributed by atoms with van der Waals surface area (Å²) < 4.78 is 0.963. The van der Waals surface area contributed by atoms with Crippen molar-refractivity contribution in [1.29, 1.82) is 0 Å². The minimum Gasteiger partial charge on any atom is -0.350 e. The van der Waals surface area contributed by atoms with E-state index < -0.39 is 0 Å². The van der Waals surface area contributed by atoms with Gasteiger partial charge in [0.25, 0.3) is 5.91 Å². The molecule has 0 fully saturated rings. The fraction of sp³-hybridized carbons (Fsp3) is 0. The summed E-state index contributed by atoms with van der Waals surface area (Å²) in [6, 6.07) is 14.8. The van der Waals surface area contributed by atoms with E-state index in [0.29, 0.717) is 11.4 Å². The number of anilines is 1. The van der Waals surface area contributed by atoms with Crippen LogP contribution < -0.4 is 5.32 Å². The van der Waals surface area contributed by atoms with Gasteiger partial charge in [0.15, 0.2) is 0 Å². The highest BCUT2D eigenvalue weighted by Crippen LogP contribution is 2.21. The molecule has 0 unspecified atom stereocenters. The lowest BCUT2D eigenvalue weighted by Gasteiger charge is -2.03. The van der Waals surface area contributed by atoms with Gasteiger partial charge >= 0.3 is 0 Å². The van der Waals surface area contributed by atoms with Gasteiger partial charge in [0, 0.05) is 26.6 Å². The molecule has 0 bridgehead atoms. The number of terminal acetylenes is 1. The Labute approximate surface area is 130 Å². The van der Waals surface area contributed by atoms with Crippen LogP contribution in [0.3, 0.4) is 0 Å². The first kappa shape index (κ1) is 13.5. The highest BCUT2D eigenvalue weighted by molar-refractivity contribution is 9.10. The Morgan fingerprint density at radius 2 is 2.05 bits per heavy atom. The number of halogens is 1. The number of hydrogen-bond donors (Lipinski definition) is 2. The normalized spacial score (nSPS) is 10.3. The zero-order chi connectivity index (χ0) is 14.8. The van der Waals surface area contributed by atoms with Crippen molar-refractivity contribution < 1.29 is 4.79 Å². The molecule has 1 aromatic heterocycles. The molecule has 0 saturated carbocycles. The van der Waals surface area contributed by atoms with Crippen molar-refractivity contribution in [1.82, 2.24) is 4.98 Å². The van der Waals surface area contributed by atoms with Crippen molar-refractivity contribution in [2.24, 2.45) is 0 Å². The van der Waals surface area contributed by atoms with Crippen LogP contribution in [0, 0.1) is 12.3 Å². The number of amides is 1. The molecule has 102 valence electrons. The van der Waals surface area contributed by atoms with Gasteiger partial charge in [-0.15, -0.1) is 6.42 Å². The molecule has 2 aromatic carbocycles. The third kappa shape index (κ3) is 2.83. The number of aromatic amines is 1. The van der Waals surface area contributed by atoms with Gasteiger partial charge in [-0.25, -0.2) is 0 Å². The van der Waals surface area contributed by atoms with Crippen LogP contribution in [0.15, 0.2) is 53.0 Å². The topological polar surface area (TPSA) is 44.9 Å². The third-order valence-electron chi connectivity index (χ3n) is 3.12. The fourth-order valence-electron chi connectivity index (χ4n) is 2.11. The summed E-state index contributed by atoms with van der Waals surface area (Å²) in [5.41, 5.74) is 2.82. The average molecular weight is 339 g/mol. The minimum atomic E-state index is -0.198. The van der Waals surface area contributed by atoms with Gasteiger partial charge in [-0.05, 0) is 36.4 Å². The van der Waals surface area contributed by atoms with Crippen molar-refractivity contribution in [3.05, 3.63) is 64.3 Å². The summed E-state index contributed by atoms with van der Waals surface area (Å²) >= 11 is 3.41. The summed E-state index contributed by atoms with van der Waals surface area (Å²) in [6.45, 7) is 0. The largest absolute Gasteiger partial charge is 0.350 e. The molecule has 1 amide bonds. The van der Waals surface area contributed by atoms with E-state index in [9.17, 15) is 4.79 Å². The minimum absolute atomic E-state index is 0.198. The first-order valence-corrected chi connectivity index (χ1v) is 7.11. The highest BCUT2D eigenvalue weighted by Gasteiger charge is 2.10. The van der Waals surface area contributed by atoms with E-state index >= 15 is 0 Å². The highest BCUT2D eigenvalue weighted by atomic mass is 79.9. The van der Waals surface area contributed by atoms with Crippen LogP contribution >= 0.6 is 15.9 Å². The molecule has 0 aliphatic rings. The molecule has 3 nitrogen and oxygen atoms in total. The van der Waals surface area contributed by atoms with Crippen LogP contribution in [0.25, 0.3) is 10.9 Å². The lowest BCUT2D eigenvalue weighted by atomic mass is 10.2. The predicted molar refractivity (Wildman–Crippen MR) is 88.3 cm³/mol. The van der Waals surface area contributed by atoms with Crippen molar-refractivity contribution in [2.45, 2.75) is 0 Å². The van der Waals surface area contributed by atoms with Crippen LogP contribution in [0.4, 0.5) is 5.69 Å². The number of hydrogen-bond acceptors (Lipinski definition) is 1. The molecule has 0 aliphatic carbocycles. The molecule has 3 aromatic rings. The van der Waals surface area contributed by atoms with Crippen LogP contribution in [0.2, 0.25) is 0 Å². The third-order valence-corrected chi connectivity index (χ3v) is 3.61. The molecule has 21 heavy (non-hydrogen) atoms. The van der Waals surface area contributed by atoms with Gasteiger partial charge in [0.05, 0.1) is 0 Å². The van der Waals surface area contributed by atoms with E-state index in [0.717, 1.165) is 20.9 Å². The van der Waals surface area contributed by atoms with Gasteiger partial charge < -0.3 is 10.3 Å². The Morgan fingerprint density at radius 3 is 2.86 bits per heavy atom. The first-order valence-electron chi connectivity index (χ1n) is 6.32. The Kier molecular flexibility index (Phi) is 3.51. The second kappa shape index (κ2) is 5.47. The molecule has 2 N–H and O–H groups in total. The van der Waals surface area contributed by atoms with Gasteiger partial charge in [0.2, 0.25) is 0 Å². The second-order valence-electron chi connectivity index (χ2n) is 4.59. The second-order valence-corrected chi connectivity index (χ2v) is 5.51. The SMILES string of the molecule is C#Cc1cccc(NC(=O)c2cc3ccc(Br)cc3[nH]2)c1. The number of H-pyrrole nitrogens is 1. The molecular formula is C17H11BrN2O. The van der Waals surface area contributed by atoms with Gasteiger partial charge in [-0.3, -0.25) is 4.79 Å². The first-order chi connectivity index (χ1) is 10.2. The summed E-state index contributed by atoms with van der Waals surface area (Å²) in [7, 11) is 0. The molecule has 0 atom stereocenters. The van der Waals surface area contributed by atoms with Crippen LogP contribution in [-0.4, -0.2) is 10.9 Å². The lowest BCUT2D eigenvalue weighted by molar-refractivity contribution is 0.102. The number of rotatable bonds is 2. The van der Waals surface area contributed by atoms with Gasteiger partial charge in [0.1, 0.15) is 5.69 Å². The number of fused-ring (bicyclic) bond motifs is 1. The zero-order valence-electron chi connectivity index (χ0n) is 11.0. The molecule has 0 saturated heterocycles. The van der Waals surface area contributed by atoms with E-state index in [1.54, 1.807) is 12.1 Å². The molecular weight excluding hydrogens is 328 g/mol. The smallest absolute Gasteiger partial charge is 0.272 e. The Bertz CT molecular complexity index is 874. The predicted octanol–water partition coefficient (Wildman–Crippen LogP) is 4.16. The maximum absolute atomic E-state index is 12.3. The number of aromatic nitrogens is 1. The van der Waals surface area contributed by atoms with Crippen molar-refractivity contribution in [2.75, 3.05) is 5.32 Å². The average Bonchev–Trinajstić information content (AvgIpc) is 2.90. The Morgan fingerprint density at radius 1 is 1.19 bits per heavy atom. The monoisotopic (exact) mass is 338 g/mol. The Balaban J connectivity index is 1.88. The van der Waals surface area contributed by atoms with E-state index in [2.05, 4.69) is 32.2 Å². The molecule has 0 spiro atoms. The molecule has 3 rings (SSSR count). The summed E-state index contributed by atoms with van der Waals surface area (Å²) in [4.78, 5) is 15.4. The van der Waals surface area contributed by atoms with E-state index in [4.69, 9.17) is 6.42 Å². The molecule has 0 aliphatic heterocycles. The maximum Gasteiger partial charge on any atom is 0.272 e. The van der Waals surface area contributed by atoms with Gasteiger partial charge in [-0.1, -0.05) is 34.0 Å². The van der Waals surface area contributed by atoms with E-state index in [1.165, 1.54) is 0 Å². The van der Waals surface area contributed by atoms with Crippen molar-refractivity contribution in [3.63, 3.8) is 0 Å². The molecule has 4 heteroatoms. The van der Waals surface area contributed by atoms with Crippen molar-refractivity contribution in [3.8, 4) is 12.3 Å².